The van der Waals surface area contributed by atoms with Gasteiger partial charge in [-0.05, 0) is 48.8 Å². The van der Waals surface area contributed by atoms with Crippen molar-refractivity contribution >= 4 is 15.8 Å². The van der Waals surface area contributed by atoms with Crippen LogP contribution in [0.25, 0.3) is 0 Å². The molecular formula is C16H22O4S. The molecule has 0 N–H and O–H groups in total. The van der Waals surface area contributed by atoms with Gasteiger partial charge in [-0.2, -0.15) is 0 Å². The third kappa shape index (κ3) is 4.30. The van der Waals surface area contributed by atoms with E-state index in [9.17, 15) is 13.2 Å². The number of benzene rings is 1. The minimum absolute atomic E-state index is 0.0387. The van der Waals surface area contributed by atoms with E-state index in [4.69, 9.17) is 0 Å². The van der Waals surface area contributed by atoms with Gasteiger partial charge in [0.1, 0.15) is 0 Å². The van der Waals surface area contributed by atoms with E-state index in [1.54, 1.807) is 0 Å². The molecule has 1 fully saturated rings. The highest BCUT2D eigenvalue weighted by Gasteiger charge is 2.47. The monoisotopic (exact) mass is 310 g/mol. The zero-order valence-electron chi connectivity index (χ0n) is 12.8. The summed E-state index contributed by atoms with van der Waals surface area (Å²) in [5.74, 6) is -0.215. The molecule has 0 bridgehead atoms. The van der Waals surface area contributed by atoms with Crippen LogP contribution in [-0.4, -0.2) is 27.2 Å². The summed E-state index contributed by atoms with van der Waals surface area (Å²) >= 11 is 0. The van der Waals surface area contributed by atoms with Gasteiger partial charge >= 0.3 is 5.97 Å². The van der Waals surface area contributed by atoms with Crippen LogP contribution in [0.5, 0.6) is 0 Å². The van der Waals surface area contributed by atoms with E-state index in [1.807, 2.05) is 32.0 Å². The second kappa shape index (κ2) is 5.79. The molecule has 1 aliphatic rings. The SMILES string of the molecule is COC(=O)CC1(CS(=O)(=O)Cc2ccc(C)c(C)c2)CC1. The lowest BCUT2D eigenvalue weighted by molar-refractivity contribution is -0.141. The van der Waals surface area contributed by atoms with Crippen LogP contribution >= 0.6 is 0 Å². The van der Waals surface area contributed by atoms with Crippen molar-refractivity contribution in [2.45, 2.75) is 38.9 Å². The van der Waals surface area contributed by atoms with E-state index >= 15 is 0 Å². The smallest absolute Gasteiger partial charge is 0.306 e. The molecule has 21 heavy (non-hydrogen) atoms. The Morgan fingerprint density at radius 3 is 2.43 bits per heavy atom. The zero-order chi connectivity index (χ0) is 15.7. The van der Waals surface area contributed by atoms with E-state index in [0.717, 1.165) is 29.5 Å². The van der Waals surface area contributed by atoms with Gasteiger partial charge in [0, 0.05) is 0 Å². The highest BCUT2D eigenvalue weighted by Crippen LogP contribution is 2.50. The van der Waals surface area contributed by atoms with Crippen LogP contribution in [0.2, 0.25) is 0 Å². The second-order valence-corrected chi connectivity index (χ2v) is 8.27. The molecule has 1 aromatic rings. The number of hydrogen-bond acceptors (Lipinski definition) is 4. The minimum Gasteiger partial charge on any atom is -0.469 e. The predicted molar refractivity (Wildman–Crippen MR) is 81.7 cm³/mol. The summed E-state index contributed by atoms with van der Waals surface area (Å²) in [6.45, 7) is 3.98. The maximum atomic E-state index is 12.4. The van der Waals surface area contributed by atoms with E-state index < -0.39 is 9.84 Å². The number of hydrogen-bond donors (Lipinski definition) is 0. The molecule has 116 valence electrons. The largest absolute Gasteiger partial charge is 0.469 e. The predicted octanol–water partition coefficient (Wildman–Crippen LogP) is 2.56. The summed E-state index contributed by atoms with van der Waals surface area (Å²) < 4.78 is 29.4. The van der Waals surface area contributed by atoms with Crippen molar-refractivity contribution in [1.29, 1.82) is 0 Å². The van der Waals surface area contributed by atoms with Crippen molar-refractivity contribution in [1.82, 2.24) is 0 Å². The second-order valence-electron chi connectivity index (χ2n) is 6.20. The molecule has 0 amide bonds. The first-order chi connectivity index (χ1) is 9.75. The number of methoxy groups -OCH3 is 1. The lowest BCUT2D eigenvalue weighted by Crippen LogP contribution is -2.22. The molecule has 0 aromatic heterocycles. The summed E-state index contributed by atoms with van der Waals surface area (Å²) in [7, 11) is -1.89. The normalized spacial score (nSPS) is 16.5. The Morgan fingerprint density at radius 2 is 1.90 bits per heavy atom. The van der Waals surface area contributed by atoms with Gasteiger partial charge in [-0.25, -0.2) is 8.42 Å². The molecule has 0 radical (unpaired) electrons. The van der Waals surface area contributed by atoms with Crippen molar-refractivity contribution < 1.29 is 17.9 Å². The first-order valence-corrected chi connectivity index (χ1v) is 8.91. The van der Waals surface area contributed by atoms with Crippen LogP contribution < -0.4 is 0 Å². The van der Waals surface area contributed by atoms with Crippen molar-refractivity contribution in [2.24, 2.45) is 5.41 Å². The van der Waals surface area contributed by atoms with E-state index in [2.05, 4.69) is 4.74 Å². The van der Waals surface area contributed by atoms with Gasteiger partial charge in [0.2, 0.25) is 0 Å². The molecule has 0 spiro atoms. The van der Waals surface area contributed by atoms with Crippen LogP contribution in [0.4, 0.5) is 0 Å². The summed E-state index contributed by atoms with van der Waals surface area (Å²) in [6, 6.07) is 5.73. The molecule has 5 heteroatoms. The Labute approximate surface area is 126 Å². The topological polar surface area (TPSA) is 60.4 Å². The van der Waals surface area contributed by atoms with Crippen molar-refractivity contribution in [3.05, 3.63) is 34.9 Å². The average Bonchev–Trinajstić information content (AvgIpc) is 3.11. The van der Waals surface area contributed by atoms with Gasteiger partial charge in [-0.15, -0.1) is 0 Å². The fourth-order valence-electron chi connectivity index (χ4n) is 2.59. The molecule has 0 saturated heterocycles. The maximum Gasteiger partial charge on any atom is 0.306 e. The Balaban J connectivity index is 2.05. The number of carbonyl (C=O) groups is 1. The van der Waals surface area contributed by atoms with Gasteiger partial charge in [-0.1, -0.05) is 18.2 Å². The Hall–Kier alpha value is -1.36. The van der Waals surface area contributed by atoms with Gasteiger partial charge < -0.3 is 4.74 Å². The first kappa shape index (κ1) is 16.0. The third-order valence-corrected chi connectivity index (χ3v) is 6.01. The average molecular weight is 310 g/mol. The molecule has 0 heterocycles. The number of carbonyl (C=O) groups excluding carboxylic acids is 1. The van der Waals surface area contributed by atoms with Crippen LogP contribution in [0.3, 0.4) is 0 Å². The summed E-state index contributed by atoms with van der Waals surface area (Å²) in [5.41, 5.74) is 2.68. The van der Waals surface area contributed by atoms with E-state index in [1.165, 1.54) is 7.11 Å². The quantitative estimate of drug-likeness (QED) is 0.758. The fourth-order valence-corrected chi connectivity index (χ4v) is 4.71. The van der Waals surface area contributed by atoms with E-state index in [0.29, 0.717) is 0 Å². The van der Waals surface area contributed by atoms with Gasteiger partial charge in [0.05, 0.1) is 25.0 Å². The molecule has 0 atom stereocenters. The van der Waals surface area contributed by atoms with Crippen molar-refractivity contribution in [3.63, 3.8) is 0 Å². The van der Waals surface area contributed by atoms with Gasteiger partial charge in [-0.3, -0.25) is 4.79 Å². The first-order valence-electron chi connectivity index (χ1n) is 7.09. The maximum absolute atomic E-state index is 12.4. The van der Waals surface area contributed by atoms with Crippen molar-refractivity contribution in [3.8, 4) is 0 Å². The van der Waals surface area contributed by atoms with E-state index in [-0.39, 0.29) is 29.3 Å². The molecule has 4 nitrogen and oxygen atoms in total. The summed E-state index contributed by atoms with van der Waals surface area (Å²) in [5, 5.41) is 0. The Morgan fingerprint density at radius 1 is 1.24 bits per heavy atom. The molecule has 0 unspecified atom stereocenters. The number of rotatable bonds is 6. The molecule has 2 rings (SSSR count). The van der Waals surface area contributed by atoms with Gasteiger partial charge in [0.15, 0.2) is 9.84 Å². The third-order valence-electron chi connectivity index (χ3n) is 4.19. The molecule has 1 saturated carbocycles. The number of esters is 1. The van der Waals surface area contributed by atoms with Crippen LogP contribution in [-0.2, 0) is 25.1 Å². The fraction of sp³-hybridized carbons (Fsp3) is 0.562. The highest BCUT2D eigenvalue weighted by atomic mass is 32.2. The molecule has 1 aromatic carbocycles. The number of sulfone groups is 1. The van der Waals surface area contributed by atoms with Crippen LogP contribution in [0.15, 0.2) is 18.2 Å². The van der Waals surface area contributed by atoms with Gasteiger partial charge in [0.25, 0.3) is 0 Å². The number of ether oxygens (including phenoxy) is 1. The van der Waals surface area contributed by atoms with Crippen LogP contribution in [0.1, 0.15) is 36.0 Å². The lowest BCUT2D eigenvalue weighted by Gasteiger charge is -2.14. The molecular weight excluding hydrogens is 288 g/mol. The van der Waals surface area contributed by atoms with Crippen molar-refractivity contribution in [2.75, 3.05) is 12.9 Å². The standard InChI is InChI=1S/C16H22O4S/c1-12-4-5-14(8-13(12)2)10-21(18,19)11-16(6-7-16)9-15(17)20-3/h4-5,8H,6-7,9-11H2,1-3H3. The molecule has 0 aliphatic heterocycles. The Bertz CT molecular complexity index is 642. The summed E-state index contributed by atoms with van der Waals surface area (Å²) in [4.78, 5) is 11.4. The minimum atomic E-state index is -3.22. The molecule has 1 aliphatic carbocycles. The summed E-state index contributed by atoms with van der Waals surface area (Å²) in [6.07, 6.45) is 1.78. The Kier molecular flexibility index (Phi) is 4.42. The zero-order valence-corrected chi connectivity index (χ0v) is 13.6. The number of aryl methyl sites for hydroxylation is 2. The lowest BCUT2D eigenvalue weighted by atomic mass is 10.1. The highest BCUT2D eigenvalue weighted by molar-refractivity contribution is 7.90. The van der Waals surface area contributed by atoms with Crippen LogP contribution in [0, 0.1) is 19.3 Å².